The molecule has 0 spiro atoms. The molecule has 0 aromatic carbocycles. The van der Waals surface area contributed by atoms with E-state index in [1.54, 1.807) is 6.20 Å². The summed E-state index contributed by atoms with van der Waals surface area (Å²) in [6.07, 6.45) is 8.80. The molecule has 0 amide bonds. The van der Waals surface area contributed by atoms with Crippen molar-refractivity contribution in [3.05, 3.63) is 40.8 Å². The minimum Gasteiger partial charge on any atom is -0.310 e. The molecular formula is C15H17ClN4. The second-order valence-electron chi connectivity index (χ2n) is 5.75. The zero-order chi connectivity index (χ0) is 13.5. The highest BCUT2D eigenvalue weighted by molar-refractivity contribution is 6.31. The van der Waals surface area contributed by atoms with Crippen LogP contribution in [0.4, 0.5) is 0 Å². The van der Waals surface area contributed by atoms with Crippen LogP contribution in [0.5, 0.6) is 0 Å². The SMILES string of the molecule is Clc1cnc(-n2ccc(C3CC3)n2)cc1CNC1CC1. The van der Waals surface area contributed by atoms with Gasteiger partial charge in [-0.25, -0.2) is 9.67 Å². The van der Waals surface area contributed by atoms with Crippen LogP contribution >= 0.6 is 11.6 Å². The van der Waals surface area contributed by atoms with E-state index in [0.29, 0.717) is 12.0 Å². The third kappa shape index (κ3) is 2.58. The first kappa shape index (κ1) is 12.4. The van der Waals surface area contributed by atoms with Crippen molar-refractivity contribution >= 4 is 11.6 Å². The van der Waals surface area contributed by atoms with Crippen molar-refractivity contribution in [1.29, 1.82) is 0 Å². The first-order valence-corrected chi connectivity index (χ1v) is 7.61. The fraction of sp³-hybridized carbons (Fsp3) is 0.467. The Morgan fingerprint density at radius 3 is 2.90 bits per heavy atom. The maximum Gasteiger partial charge on any atom is 0.153 e. The van der Waals surface area contributed by atoms with Crippen LogP contribution in [0.1, 0.15) is 42.9 Å². The molecule has 1 N–H and O–H groups in total. The van der Waals surface area contributed by atoms with E-state index in [-0.39, 0.29) is 0 Å². The van der Waals surface area contributed by atoms with Gasteiger partial charge in [-0.1, -0.05) is 11.6 Å². The number of nitrogens with one attached hydrogen (secondary N) is 1. The van der Waals surface area contributed by atoms with Gasteiger partial charge in [0.1, 0.15) is 0 Å². The molecule has 20 heavy (non-hydrogen) atoms. The zero-order valence-corrected chi connectivity index (χ0v) is 12.0. The molecule has 2 aliphatic rings. The van der Waals surface area contributed by atoms with Crippen LogP contribution in [-0.2, 0) is 6.54 Å². The van der Waals surface area contributed by atoms with Crippen molar-refractivity contribution in [2.75, 3.05) is 0 Å². The first-order valence-electron chi connectivity index (χ1n) is 7.23. The molecule has 2 aliphatic carbocycles. The number of rotatable bonds is 5. The van der Waals surface area contributed by atoms with Crippen LogP contribution < -0.4 is 5.32 Å². The average Bonchev–Trinajstić information content (AvgIpc) is 3.38. The van der Waals surface area contributed by atoms with Gasteiger partial charge in [-0.05, 0) is 43.4 Å². The number of aromatic nitrogens is 3. The van der Waals surface area contributed by atoms with Gasteiger partial charge in [0.2, 0.25) is 0 Å². The number of nitrogens with zero attached hydrogens (tertiary/aromatic N) is 3. The Hall–Kier alpha value is -1.39. The van der Waals surface area contributed by atoms with E-state index < -0.39 is 0 Å². The highest BCUT2D eigenvalue weighted by atomic mass is 35.5. The fourth-order valence-corrected chi connectivity index (χ4v) is 2.50. The van der Waals surface area contributed by atoms with Crippen molar-refractivity contribution in [2.24, 2.45) is 0 Å². The van der Waals surface area contributed by atoms with Crippen LogP contribution in [0.25, 0.3) is 5.82 Å². The Kier molecular flexibility index (Phi) is 3.00. The molecule has 0 aliphatic heterocycles. The Balaban J connectivity index is 1.57. The first-order chi connectivity index (χ1) is 9.79. The van der Waals surface area contributed by atoms with Gasteiger partial charge in [0.05, 0.1) is 10.7 Å². The quantitative estimate of drug-likeness (QED) is 0.919. The van der Waals surface area contributed by atoms with Crippen molar-refractivity contribution in [2.45, 2.75) is 44.2 Å². The molecule has 0 unspecified atom stereocenters. The zero-order valence-electron chi connectivity index (χ0n) is 11.2. The van der Waals surface area contributed by atoms with Crippen LogP contribution in [0, 0.1) is 0 Å². The summed E-state index contributed by atoms with van der Waals surface area (Å²) in [4.78, 5) is 4.39. The second-order valence-corrected chi connectivity index (χ2v) is 6.16. The van der Waals surface area contributed by atoms with E-state index in [2.05, 4.69) is 21.5 Å². The summed E-state index contributed by atoms with van der Waals surface area (Å²) in [7, 11) is 0. The highest BCUT2D eigenvalue weighted by Gasteiger charge is 2.26. The van der Waals surface area contributed by atoms with Gasteiger partial charge < -0.3 is 5.32 Å². The van der Waals surface area contributed by atoms with E-state index in [4.69, 9.17) is 11.6 Å². The molecular weight excluding hydrogens is 272 g/mol. The monoisotopic (exact) mass is 288 g/mol. The lowest BCUT2D eigenvalue weighted by atomic mass is 10.2. The average molecular weight is 289 g/mol. The summed E-state index contributed by atoms with van der Waals surface area (Å²) < 4.78 is 1.85. The van der Waals surface area contributed by atoms with Crippen LogP contribution in [-0.4, -0.2) is 20.8 Å². The van der Waals surface area contributed by atoms with Crippen molar-refractivity contribution in [3.63, 3.8) is 0 Å². The van der Waals surface area contributed by atoms with E-state index >= 15 is 0 Å². The normalized spacial score (nSPS) is 18.4. The Morgan fingerprint density at radius 1 is 1.30 bits per heavy atom. The van der Waals surface area contributed by atoms with Gasteiger partial charge in [0.25, 0.3) is 0 Å². The molecule has 0 bridgehead atoms. The summed E-state index contributed by atoms with van der Waals surface area (Å²) in [5.41, 5.74) is 2.27. The lowest BCUT2D eigenvalue weighted by Crippen LogP contribution is -2.16. The smallest absolute Gasteiger partial charge is 0.153 e. The second kappa shape index (κ2) is 4.86. The number of hydrogen-bond acceptors (Lipinski definition) is 3. The third-order valence-corrected chi connectivity index (χ3v) is 4.26. The van der Waals surface area contributed by atoms with Gasteiger partial charge in [-0.3, -0.25) is 0 Å². The van der Waals surface area contributed by atoms with E-state index in [1.807, 2.05) is 16.9 Å². The van der Waals surface area contributed by atoms with Gasteiger partial charge in [-0.15, -0.1) is 0 Å². The van der Waals surface area contributed by atoms with Gasteiger partial charge >= 0.3 is 0 Å². The predicted octanol–water partition coefficient (Wildman–Crippen LogP) is 3.05. The van der Waals surface area contributed by atoms with Gasteiger partial charge in [0, 0.05) is 30.9 Å². The standard InChI is InChI=1S/C15H17ClN4/c16-13-9-18-15(7-11(13)8-17-12-3-4-12)20-6-5-14(19-20)10-1-2-10/h5-7,9-10,12,17H,1-4,8H2. The molecule has 2 heterocycles. The summed E-state index contributed by atoms with van der Waals surface area (Å²) in [6, 6.07) is 4.80. The molecule has 0 radical (unpaired) electrons. The lowest BCUT2D eigenvalue weighted by molar-refractivity contribution is 0.685. The molecule has 2 saturated carbocycles. The fourth-order valence-electron chi connectivity index (χ4n) is 2.33. The van der Waals surface area contributed by atoms with E-state index in [1.165, 1.54) is 31.4 Å². The van der Waals surface area contributed by atoms with E-state index in [9.17, 15) is 0 Å². The van der Waals surface area contributed by atoms with Crippen molar-refractivity contribution in [1.82, 2.24) is 20.1 Å². The summed E-state index contributed by atoms with van der Waals surface area (Å²) in [6.45, 7) is 0.801. The predicted molar refractivity (Wildman–Crippen MR) is 78.2 cm³/mol. The molecule has 4 rings (SSSR count). The molecule has 4 nitrogen and oxygen atoms in total. The minimum absolute atomic E-state index is 0.666. The lowest BCUT2D eigenvalue weighted by Gasteiger charge is -2.08. The van der Waals surface area contributed by atoms with Crippen molar-refractivity contribution < 1.29 is 0 Å². The summed E-state index contributed by atoms with van der Waals surface area (Å²) in [5, 5.41) is 8.81. The van der Waals surface area contributed by atoms with Crippen LogP contribution in [0.3, 0.4) is 0 Å². The molecule has 104 valence electrons. The Morgan fingerprint density at radius 2 is 2.15 bits per heavy atom. The maximum atomic E-state index is 6.22. The van der Waals surface area contributed by atoms with Crippen molar-refractivity contribution in [3.8, 4) is 5.82 Å². The van der Waals surface area contributed by atoms with E-state index in [0.717, 1.165) is 22.9 Å². The topological polar surface area (TPSA) is 42.7 Å². The Bertz CT molecular complexity index is 629. The number of hydrogen-bond donors (Lipinski definition) is 1. The Labute approximate surface area is 123 Å². The summed E-state index contributed by atoms with van der Waals surface area (Å²) >= 11 is 6.22. The third-order valence-electron chi connectivity index (χ3n) is 3.92. The molecule has 2 fully saturated rings. The number of halogens is 1. The molecule has 5 heteroatoms. The molecule has 2 aromatic heterocycles. The maximum absolute atomic E-state index is 6.22. The minimum atomic E-state index is 0.666. The highest BCUT2D eigenvalue weighted by Crippen LogP contribution is 2.39. The molecule has 0 atom stereocenters. The number of pyridine rings is 1. The summed E-state index contributed by atoms with van der Waals surface area (Å²) in [5.74, 6) is 1.51. The van der Waals surface area contributed by atoms with Gasteiger partial charge in [-0.2, -0.15) is 5.10 Å². The molecule has 0 saturated heterocycles. The van der Waals surface area contributed by atoms with Crippen LogP contribution in [0.2, 0.25) is 5.02 Å². The van der Waals surface area contributed by atoms with Crippen LogP contribution in [0.15, 0.2) is 24.5 Å². The molecule has 2 aromatic rings. The largest absolute Gasteiger partial charge is 0.310 e. The van der Waals surface area contributed by atoms with Gasteiger partial charge in [0.15, 0.2) is 5.82 Å².